The van der Waals surface area contributed by atoms with Gasteiger partial charge in [-0.25, -0.2) is 0 Å². The molecule has 0 radical (unpaired) electrons. The van der Waals surface area contributed by atoms with E-state index in [2.05, 4.69) is 15.5 Å². The van der Waals surface area contributed by atoms with Gasteiger partial charge in [-0.1, -0.05) is 30.3 Å². The topological polar surface area (TPSA) is 92.8 Å². The Labute approximate surface area is 147 Å². The van der Waals surface area contributed by atoms with Gasteiger partial charge < -0.3 is 16.8 Å². The molecule has 3 rings (SSSR count). The fourth-order valence-corrected chi connectivity index (χ4v) is 2.60. The lowest BCUT2D eigenvalue weighted by Crippen LogP contribution is -2.12. The molecule has 0 spiro atoms. The van der Waals surface area contributed by atoms with Gasteiger partial charge in [-0.2, -0.15) is 18.3 Å². The van der Waals surface area contributed by atoms with Gasteiger partial charge in [0, 0.05) is 17.2 Å². The predicted octanol–water partition coefficient (Wildman–Crippen LogP) is 3.79. The minimum absolute atomic E-state index is 0.0564. The maximum Gasteiger partial charge on any atom is 0.417 e. The number of nitrogens with two attached hydrogens (primary N) is 2. The first-order valence-electron chi connectivity index (χ1n) is 7.66. The number of fused-ring (bicyclic) bond motifs is 1. The molecule has 2 aromatic carbocycles. The number of nitrogens with one attached hydrogen (secondary N) is 2. The normalized spacial score (nSPS) is 13.2. The van der Waals surface area contributed by atoms with Crippen molar-refractivity contribution in [2.75, 3.05) is 5.32 Å². The zero-order valence-electron chi connectivity index (χ0n) is 13.5. The van der Waals surface area contributed by atoms with Crippen LogP contribution in [0.1, 0.15) is 11.1 Å². The van der Waals surface area contributed by atoms with Gasteiger partial charge in [0.25, 0.3) is 0 Å². The fourth-order valence-electron chi connectivity index (χ4n) is 2.60. The van der Waals surface area contributed by atoms with E-state index in [0.717, 1.165) is 23.2 Å². The van der Waals surface area contributed by atoms with Crippen LogP contribution in [0.5, 0.6) is 0 Å². The number of aromatic amines is 1. The van der Waals surface area contributed by atoms with Crippen LogP contribution < -0.4 is 16.8 Å². The number of H-pyrrole nitrogens is 1. The number of aromatic nitrogens is 2. The molecule has 0 aliphatic heterocycles. The van der Waals surface area contributed by atoms with Crippen LogP contribution in [-0.4, -0.2) is 10.2 Å². The minimum Gasteiger partial charge on any atom is -0.404 e. The lowest BCUT2D eigenvalue weighted by Gasteiger charge is -2.14. The third-order valence-corrected chi connectivity index (χ3v) is 3.77. The lowest BCUT2D eigenvalue weighted by molar-refractivity contribution is -0.137. The van der Waals surface area contributed by atoms with Crippen molar-refractivity contribution >= 4 is 22.3 Å². The number of allylic oxidation sites excluding steroid dienone is 2. The van der Waals surface area contributed by atoms with E-state index >= 15 is 0 Å². The van der Waals surface area contributed by atoms with Gasteiger partial charge in [-0.15, -0.1) is 0 Å². The molecule has 0 bridgehead atoms. The van der Waals surface area contributed by atoms with Crippen molar-refractivity contribution in [3.8, 4) is 0 Å². The molecule has 0 aliphatic rings. The lowest BCUT2D eigenvalue weighted by atomic mass is 9.99. The number of rotatable bonds is 4. The molecule has 0 aliphatic carbocycles. The highest BCUT2D eigenvalue weighted by Crippen LogP contribution is 2.35. The van der Waals surface area contributed by atoms with Crippen LogP contribution in [0.3, 0.4) is 0 Å². The van der Waals surface area contributed by atoms with E-state index in [0.29, 0.717) is 5.82 Å². The molecule has 134 valence electrons. The summed E-state index contributed by atoms with van der Waals surface area (Å²) >= 11 is 0. The Morgan fingerprint density at radius 3 is 2.50 bits per heavy atom. The van der Waals surface area contributed by atoms with Gasteiger partial charge in [-0.05, 0) is 29.8 Å². The number of hydrogen-bond acceptors (Lipinski definition) is 4. The molecule has 26 heavy (non-hydrogen) atoms. The smallest absolute Gasteiger partial charge is 0.404 e. The molecule has 1 aromatic heterocycles. The number of para-hydroxylation sites is 1. The van der Waals surface area contributed by atoms with Crippen LogP contribution in [0.25, 0.3) is 16.5 Å². The Bertz CT molecular complexity index is 986. The van der Waals surface area contributed by atoms with Crippen molar-refractivity contribution < 1.29 is 13.2 Å². The van der Waals surface area contributed by atoms with Crippen molar-refractivity contribution in [2.45, 2.75) is 6.18 Å². The van der Waals surface area contributed by atoms with E-state index < -0.39 is 11.7 Å². The van der Waals surface area contributed by atoms with Crippen molar-refractivity contribution in [1.29, 1.82) is 0 Å². The van der Waals surface area contributed by atoms with Crippen LogP contribution in [0.4, 0.5) is 19.0 Å². The highest BCUT2D eigenvalue weighted by molar-refractivity contribution is 5.90. The van der Waals surface area contributed by atoms with E-state index in [1.807, 2.05) is 24.3 Å². The molecule has 5 nitrogen and oxygen atoms in total. The molecule has 3 aromatic rings. The Morgan fingerprint density at radius 2 is 1.77 bits per heavy atom. The van der Waals surface area contributed by atoms with Crippen molar-refractivity contribution in [3.05, 3.63) is 77.8 Å². The second kappa shape index (κ2) is 6.83. The molecule has 0 unspecified atom stereocenters. The average molecular weight is 359 g/mol. The van der Waals surface area contributed by atoms with E-state index in [4.69, 9.17) is 11.5 Å². The summed E-state index contributed by atoms with van der Waals surface area (Å²) in [6.45, 7) is 0. The Balaban J connectivity index is 1.93. The monoisotopic (exact) mass is 359 g/mol. The third-order valence-electron chi connectivity index (χ3n) is 3.77. The molecule has 0 saturated heterocycles. The van der Waals surface area contributed by atoms with Crippen LogP contribution in [0.2, 0.25) is 0 Å². The van der Waals surface area contributed by atoms with Gasteiger partial charge in [0.1, 0.15) is 5.82 Å². The number of anilines is 1. The zero-order valence-corrected chi connectivity index (χ0v) is 13.5. The second-order valence-electron chi connectivity index (χ2n) is 5.51. The fraction of sp³-hybridized carbons (Fsp3) is 0.0556. The van der Waals surface area contributed by atoms with Gasteiger partial charge in [0.2, 0.25) is 0 Å². The average Bonchev–Trinajstić information content (AvgIpc) is 3.02. The summed E-state index contributed by atoms with van der Waals surface area (Å²) in [6, 6.07) is 12.5. The summed E-state index contributed by atoms with van der Waals surface area (Å²) < 4.78 is 39.6. The van der Waals surface area contributed by atoms with Gasteiger partial charge >= 0.3 is 6.18 Å². The first-order chi connectivity index (χ1) is 12.4. The third kappa shape index (κ3) is 3.49. The summed E-state index contributed by atoms with van der Waals surface area (Å²) in [5.41, 5.74) is 11.6. The molecular weight excluding hydrogens is 343 g/mol. The molecule has 0 atom stereocenters. The number of alkyl halides is 3. The molecule has 0 fully saturated rings. The SMILES string of the molecule is N/C=C(\C=C(/N)Nc1n[nH]c2ccccc12)c1ccccc1C(F)(F)F. The highest BCUT2D eigenvalue weighted by Gasteiger charge is 2.33. The van der Waals surface area contributed by atoms with Gasteiger partial charge in [0.15, 0.2) is 5.82 Å². The Hall–Kier alpha value is -3.42. The highest BCUT2D eigenvalue weighted by atomic mass is 19.4. The molecule has 8 heteroatoms. The van der Waals surface area contributed by atoms with E-state index in [1.54, 1.807) is 0 Å². The second-order valence-corrected chi connectivity index (χ2v) is 5.51. The summed E-state index contributed by atoms with van der Waals surface area (Å²) in [5, 5.41) is 10.6. The summed E-state index contributed by atoms with van der Waals surface area (Å²) in [4.78, 5) is 0. The first-order valence-corrected chi connectivity index (χ1v) is 7.66. The number of benzene rings is 2. The maximum absolute atomic E-state index is 13.2. The number of halogens is 3. The molecular formula is C18H16F3N5. The van der Waals surface area contributed by atoms with Crippen LogP contribution in [0, 0.1) is 0 Å². The van der Waals surface area contributed by atoms with Crippen molar-refractivity contribution in [1.82, 2.24) is 10.2 Å². The summed E-state index contributed by atoms with van der Waals surface area (Å²) in [6.07, 6.45) is -2.07. The van der Waals surface area contributed by atoms with Crippen LogP contribution >= 0.6 is 0 Å². The summed E-state index contributed by atoms with van der Waals surface area (Å²) in [5.74, 6) is 0.575. The summed E-state index contributed by atoms with van der Waals surface area (Å²) in [7, 11) is 0. The first kappa shape index (κ1) is 17.4. The van der Waals surface area contributed by atoms with E-state index in [1.165, 1.54) is 24.3 Å². The Morgan fingerprint density at radius 1 is 1.08 bits per heavy atom. The number of hydrogen-bond donors (Lipinski definition) is 4. The predicted molar refractivity (Wildman–Crippen MR) is 95.6 cm³/mol. The van der Waals surface area contributed by atoms with Crippen molar-refractivity contribution in [3.63, 3.8) is 0 Å². The quantitative estimate of drug-likeness (QED) is 0.533. The van der Waals surface area contributed by atoms with E-state index in [-0.39, 0.29) is 17.0 Å². The van der Waals surface area contributed by atoms with Crippen LogP contribution in [0.15, 0.2) is 66.6 Å². The molecule has 6 N–H and O–H groups in total. The minimum atomic E-state index is -4.50. The van der Waals surface area contributed by atoms with Gasteiger partial charge in [-0.3, -0.25) is 5.10 Å². The maximum atomic E-state index is 13.2. The number of nitrogens with zero attached hydrogens (tertiary/aromatic N) is 1. The van der Waals surface area contributed by atoms with Crippen molar-refractivity contribution in [2.24, 2.45) is 11.5 Å². The Kier molecular flexibility index (Phi) is 4.57. The van der Waals surface area contributed by atoms with Crippen LogP contribution in [-0.2, 0) is 6.18 Å². The standard InChI is InChI=1S/C18H16F3N5/c19-18(20,21)14-7-3-1-5-12(14)11(10-22)9-16(23)24-17-13-6-2-4-8-15(13)25-26-17/h1-10H,22-23H2,(H2,24,25,26)/b11-10+,16-9+. The zero-order chi connectivity index (χ0) is 18.7. The van der Waals surface area contributed by atoms with Gasteiger partial charge in [0.05, 0.1) is 11.1 Å². The molecule has 0 saturated carbocycles. The molecule has 1 heterocycles. The largest absolute Gasteiger partial charge is 0.417 e. The van der Waals surface area contributed by atoms with E-state index in [9.17, 15) is 13.2 Å². The molecule has 0 amide bonds.